The largest absolute Gasteiger partial charge is 0.378 e. The summed E-state index contributed by atoms with van der Waals surface area (Å²) in [7, 11) is -2.56. The summed E-state index contributed by atoms with van der Waals surface area (Å²) in [5, 5.41) is 2.40. The van der Waals surface area contributed by atoms with Gasteiger partial charge in [-0.15, -0.1) is 0 Å². The van der Waals surface area contributed by atoms with E-state index in [4.69, 9.17) is 4.74 Å². The van der Waals surface area contributed by atoms with Crippen molar-refractivity contribution in [3.63, 3.8) is 0 Å². The highest BCUT2D eigenvalue weighted by Gasteiger charge is 2.38. The van der Waals surface area contributed by atoms with E-state index in [1.807, 2.05) is 0 Å². The second kappa shape index (κ2) is 6.39. The van der Waals surface area contributed by atoms with Crippen LogP contribution in [-0.4, -0.2) is 51.5 Å². The summed E-state index contributed by atoms with van der Waals surface area (Å²) in [5.41, 5.74) is 0. The summed E-state index contributed by atoms with van der Waals surface area (Å²) < 4.78 is 45.1. The van der Waals surface area contributed by atoms with E-state index in [-0.39, 0.29) is 29.1 Å². The van der Waals surface area contributed by atoms with Gasteiger partial charge in [-0.1, -0.05) is 0 Å². The molecule has 1 heterocycles. The number of amides is 1. The van der Waals surface area contributed by atoms with Crippen LogP contribution in [0.15, 0.2) is 27.6 Å². The molecule has 0 aromatic heterocycles. The van der Waals surface area contributed by atoms with E-state index >= 15 is 0 Å². The minimum absolute atomic E-state index is 0.0298. The first-order chi connectivity index (χ1) is 9.87. The number of rotatable bonds is 3. The number of sulfonamides is 1. The number of hydrogen-bond donors (Lipinski definition) is 1. The van der Waals surface area contributed by atoms with E-state index in [1.165, 1.54) is 19.2 Å². The van der Waals surface area contributed by atoms with Gasteiger partial charge in [0, 0.05) is 13.6 Å². The molecule has 0 saturated carbocycles. The van der Waals surface area contributed by atoms with Gasteiger partial charge >= 0.3 is 0 Å². The standard InChI is InChI=1S/C12H14BrFN2O4S/c1-15-12(17)11-7-20-5-4-16(11)21(18,19)8-2-3-9(13)10(14)6-8/h2-3,6,11H,4-5,7H2,1H3,(H,15,17). The Kier molecular flexibility index (Phi) is 4.97. The fourth-order valence-electron chi connectivity index (χ4n) is 2.02. The highest BCUT2D eigenvalue weighted by Crippen LogP contribution is 2.24. The molecule has 1 fully saturated rings. The number of halogens is 2. The number of nitrogens with zero attached hydrogens (tertiary/aromatic N) is 1. The molecule has 21 heavy (non-hydrogen) atoms. The zero-order valence-corrected chi connectivity index (χ0v) is 13.6. The lowest BCUT2D eigenvalue weighted by atomic mass is 10.2. The summed E-state index contributed by atoms with van der Waals surface area (Å²) in [6.45, 7) is 0.196. The highest BCUT2D eigenvalue weighted by molar-refractivity contribution is 9.10. The van der Waals surface area contributed by atoms with Crippen LogP contribution in [0.4, 0.5) is 4.39 Å². The van der Waals surface area contributed by atoms with Gasteiger partial charge in [0.05, 0.1) is 22.6 Å². The summed E-state index contributed by atoms with van der Waals surface area (Å²) >= 11 is 2.97. The molecule has 1 aromatic rings. The first kappa shape index (κ1) is 16.3. The predicted octanol–water partition coefficient (Wildman–Crippen LogP) is 0.724. The molecular formula is C12H14BrFN2O4S. The Morgan fingerprint density at radius 2 is 2.24 bits per heavy atom. The fourth-order valence-corrected chi connectivity index (χ4v) is 3.84. The van der Waals surface area contributed by atoms with Gasteiger partial charge in [0.1, 0.15) is 11.9 Å². The van der Waals surface area contributed by atoms with Gasteiger partial charge < -0.3 is 10.1 Å². The molecule has 116 valence electrons. The Morgan fingerprint density at radius 3 is 2.86 bits per heavy atom. The zero-order valence-electron chi connectivity index (χ0n) is 11.2. The molecule has 9 heteroatoms. The molecule has 0 bridgehead atoms. The summed E-state index contributed by atoms with van der Waals surface area (Å²) in [4.78, 5) is 11.6. The van der Waals surface area contributed by atoms with Crippen LogP contribution in [0.5, 0.6) is 0 Å². The molecule has 1 atom stereocenters. The molecule has 0 aliphatic carbocycles. The summed E-state index contributed by atoms with van der Waals surface area (Å²) in [6, 6.07) is 2.58. The predicted molar refractivity (Wildman–Crippen MR) is 76.7 cm³/mol. The Bertz CT molecular complexity index is 653. The number of ether oxygens (including phenoxy) is 1. The van der Waals surface area contributed by atoms with Crippen molar-refractivity contribution in [1.82, 2.24) is 9.62 Å². The van der Waals surface area contributed by atoms with Gasteiger partial charge in [-0.25, -0.2) is 12.8 Å². The second-order valence-corrected chi connectivity index (χ2v) is 7.14. The van der Waals surface area contributed by atoms with E-state index in [0.717, 1.165) is 10.4 Å². The van der Waals surface area contributed by atoms with Gasteiger partial charge in [0.15, 0.2) is 0 Å². The molecule has 1 aromatic carbocycles. The van der Waals surface area contributed by atoms with E-state index in [9.17, 15) is 17.6 Å². The van der Waals surface area contributed by atoms with Crippen molar-refractivity contribution >= 4 is 31.9 Å². The summed E-state index contributed by atoms with van der Waals surface area (Å²) in [5.74, 6) is -1.14. The Hall–Kier alpha value is -1.03. The van der Waals surface area contributed by atoms with E-state index in [0.29, 0.717) is 0 Å². The molecule has 6 nitrogen and oxygen atoms in total. The van der Waals surface area contributed by atoms with Gasteiger partial charge in [0.2, 0.25) is 15.9 Å². The van der Waals surface area contributed by atoms with Crippen LogP contribution in [0, 0.1) is 5.82 Å². The van der Waals surface area contributed by atoms with E-state index in [1.54, 1.807) is 0 Å². The third kappa shape index (κ3) is 3.25. The van der Waals surface area contributed by atoms with Crippen molar-refractivity contribution in [3.05, 3.63) is 28.5 Å². The van der Waals surface area contributed by atoms with Gasteiger partial charge in [-0.05, 0) is 34.1 Å². The number of hydrogen-bond acceptors (Lipinski definition) is 4. The first-order valence-electron chi connectivity index (χ1n) is 6.14. The minimum atomic E-state index is -3.97. The van der Waals surface area contributed by atoms with Crippen LogP contribution in [-0.2, 0) is 19.6 Å². The van der Waals surface area contributed by atoms with Crippen LogP contribution in [0.3, 0.4) is 0 Å². The molecule has 0 spiro atoms. The van der Waals surface area contributed by atoms with Crippen LogP contribution >= 0.6 is 15.9 Å². The molecule has 2 rings (SSSR count). The Labute approximate surface area is 130 Å². The first-order valence-corrected chi connectivity index (χ1v) is 8.37. The van der Waals surface area contributed by atoms with Crippen molar-refractivity contribution in [2.45, 2.75) is 10.9 Å². The quantitative estimate of drug-likeness (QED) is 0.838. The van der Waals surface area contributed by atoms with Crippen LogP contribution in [0.1, 0.15) is 0 Å². The lowest BCUT2D eigenvalue weighted by Crippen LogP contribution is -2.55. The lowest BCUT2D eigenvalue weighted by molar-refractivity contribution is -0.128. The maximum atomic E-state index is 13.6. The third-order valence-electron chi connectivity index (χ3n) is 3.13. The second-order valence-electron chi connectivity index (χ2n) is 4.40. The zero-order chi connectivity index (χ0) is 15.6. The average molecular weight is 381 g/mol. The molecule has 1 amide bonds. The van der Waals surface area contributed by atoms with Gasteiger partial charge in [-0.3, -0.25) is 4.79 Å². The number of nitrogens with one attached hydrogen (secondary N) is 1. The molecule has 1 N–H and O–H groups in total. The highest BCUT2D eigenvalue weighted by atomic mass is 79.9. The normalized spacial score (nSPS) is 20.2. The SMILES string of the molecule is CNC(=O)C1COCCN1S(=O)(=O)c1ccc(Br)c(F)c1. The van der Waals surface area contributed by atoms with E-state index < -0.39 is 27.8 Å². The third-order valence-corrected chi connectivity index (χ3v) is 5.67. The topological polar surface area (TPSA) is 75.7 Å². The molecule has 1 aliphatic heterocycles. The van der Waals surface area contributed by atoms with Gasteiger partial charge in [-0.2, -0.15) is 4.31 Å². The lowest BCUT2D eigenvalue weighted by Gasteiger charge is -2.33. The monoisotopic (exact) mass is 380 g/mol. The van der Waals surface area contributed by atoms with Crippen LogP contribution in [0.2, 0.25) is 0 Å². The smallest absolute Gasteiger partial charge is 0.244 e. The molecule has 1 saturated heterocycles. The van der Waals surface area contributed by atoms with Gasteiger partial charge in [0.25, 0.3) is 0 Å². The van der Waals surface area contributed by atoms with Crippen molar-refractivity contribution in [3.8, 4) is 0 Å². The maximum Gasteiger partial charge on any atom is 0.244 e. The maximum absolute atomic E-state index is 13.6. The van der Waals surface area contributed by atoms with E-state index in [2.05, 4.69) is 21.2 Å². The number of carbonyl (C=O) groups is 1. The van der Waals surface area contributed by atoms with Crippen molar-refractivity contribution in [1.29, 1.82) is 0 Å². The molecule has 1 unspecified atom stereocenters. The molecule has 1 aliphatic rings. The number of benzene rings is 1. The van der Waals surface area contributed by atoms with Crippen molar-refractivity contribution in [2.75, 3.05) is 26.8 Å². The number of morpholine rings is 1. The number of carbonyl (C=O) groups excluding carboxylic acids is 1. The van der Waals surface area contributed by atoms with Crippen LogP contribution in [0.25, 0.3) is 0 Å². The van der Waals surface area contributed by atoms with Crippen molar-refractivity contribution in [2.24, 2.45) is 0 Å². The van der Waals surface area contributed by atoms with Crippen molar-refractivity contribution < 1.29 is 22.3 Å². The molecule has 0 radical (unpaired) electrons. The molecular weight excluding hydrogens is 367 g/mol. The summed E-state index contributed by atoms with van der Waals surface area (Å²) in [6.07, 6.45) is 0. The minimum Gasteiger partial charge on any atom is -0.378 e. The Balaban J connectivity index is 2.40. The number of likely N-dealkylation sites (N-methyl/N-ethyl adjacent to an activating group) is 1. The average Bonchev–Trinajstić information content (AvgIpc) is 2.49. The fraction of sp³-hybridized carbons (Fsp3) is 0.417. The Morgan fingerprint density at radius 1 is 1.52 bits per heavy atom. The van der Waals surface area contributed by atoms with Crippen LogP contribution < -0.4 is 5.32 Å².